The minimum Gasteiger partial charge on any atom is -0.493 e. The van der Waals surface area contributed by atoms with Crippen molar-refractivity contribution < 1.29 is 19.1 Å². The maximum Gasteiger partial charge on any atom is 0.255 e. The molecule has 7 heteroatoms. The van der Waals surface area contributed by atoms with Gasteiger partial charge in [-0.3, -0.25) is 9.59 Å². The number of methoxy groups -OCH3 is 2. The number of piperazine rings is 1. The zero-order valence-electron chi connectivity index (χ0n) is 17.0. The van der Waals surface area contributed by atoms with Crippen molar-refractivity contribution in [3.05, 3.63) is 53.6 Å². The van der Waals surface area contributed by atoms with Crippen LogP contribution in [0.1, 0.15) is 28.8 Å². The van der Waals surface area contributed by atoms with Crippen molar-refractivity contribution in [2.75, 3.05) is 45.7 Å². The predicted octanol–water partition coefficient (Wildman–Crippen LogP) is 2.49. The minimum atomic E-state index is -0.247. The minimum absolute atomic E-state index is 0.133. The van der Waals surface area contributed by atoms with E-state index in [1.165, 1.54) is 7.11 Å². The van der Waals surface area contributed by atoms with Gasteiger partial charge >= 0.3 is 0 Å². The smallest absolute Gasteiger partial charge is 0.255 e. The molecule has 1 atom stereocenters. The van der Waals surface area contributed by atoms with Crippen LogP contribution in [0.4, 0.5) is 5.69 Å². The summed E-state index contributed by atoms with van der Waals surface area (Å²) in [7, 11) is 3.08. The van der Waals surface area contributed by atoms with Crippen molar-refractivity contribution in [3.8, 4) is 11.5 Å². The molecule has 0 spiro atoms. The molecule has 2 amide bonds. The summed E-state index contributed by atoms with van der Waals surface area (Å²) in [6, 6.07) is 12.4. The number of benzene rings is 2. The Balaban J connectivity index is 1.65. The number of carbonyl (C=O) groups excluding carboxylic acids is 2. The molecule has 2 aromatic rings. The molecule has 1 fully saturated rings. The third-order valence-electron chi connectivity index (χ3n) is 5.11. The second-order valence-electron chi connectivity index (χ2n) is 6.94. The van der Waals surface area contributed by atoms with Gasteiger partial charge in [-0.15, -0.1) is 0 Å². The van der Waals surface area contributed by atoms with E-state index in [1.54, 1.807) is 25.3 Å². The van der Waals surface area contributed by atoms with E-state index in [0.717, 1.165) is 31.7 Å². The Labute approximate surface area is 171 Å². The van der Waals surface area contributed by atoms with Gasteiger partial charge in [0, 0.05) is 37.4 Å². The molecule has 7 nitrogen and oxygen atoms in total. The van der Waals surface area contributed by atoms with Crippen molar-refractivity contribution in [2.45, 2.75) is 12.8 Å². The van der Waals surface area contributed by atoms with Gasteiger partial charge in [0.25, 0.3) is 5.91 Å². The van der Waals surface area contributed by atoms with E-state index < -0.39 is 0 Å². The van der Waals surface area contributed by atoms with E-state index in [1.807, 2.05) is 36.1 Å². The van der Waals surface area contributed by atoms with E-state index in [-0.39, 0.29) is 17.7 Å². The molecule has 0 saturated carbocycles. The fourth-order valence-corrected chi connectivity index (χ4v) is 3.34. The Bertz CT molecular complexity index is 861. The lowest BCUT2D eigenvalue weighted by molar-refractivity contribution is -0.133. The van der Waals surface area contributed by atoms with Crippen LogP contribution in [0.5, 0.6) is 11.5 Å². The molecule has 0 aliphatic carbocycles. The summed E-state index contributed by atoms with van der Waals surface area (Å²) in [5.74, 6) is 0.730. The lowest BCUT2D eigenvalue weighted by Gasteiger charge is -2.30. The normalized spacial score (nSPS) is 14.8. The summed E-state index contributed by atoms with van der Waals surface area (Å²) >= 11 is 0. The Morgan fingerprint density at radius 3 is 2.28 bits per heavy atom. The van der Waals surface area contributed by atoms with E-state index in [0.29, 0.717) is 22.7 Å². The van der Waals surface area contributed by atoms with Gasteiger partial charge in [-0.05, 0) is 42.8 Å². The summed E-state index contributed by atoms with van der Waals surface area (Å²) in [5, 5.41) is 6.12. The zero-order valence-corrected chi connectivity index (χ0v) is 17.0. The third-order valence-corrected chi connectivity index (χ3v) is 5.11. The summed E-state index contributed by atoms with van der Waals surface area (Å²) in [4.78, 5) is 27.1. The molecular weight excluding hydrogens is 370 g/mol. The highest BCUT2D eigenvalue weighted by molar-refractivity contribution is 6.04. The van der Waals surface area contributed by atoms with Crippen LogP contribution in [0.2, 0.25) is 0 Å². The zero-order chi connectivity index (χ0) is 20.8. The molecule has 29 heavy (non-hydrogen) atoms. The first-order chi connectivity index (χ1) is 14.0. The van der Waals surface area contributed by atoms with E-state index >= 15 is 0 Å². The van der Waals surface area contributed by atoms with Gasteiger partial charge < -0.3 is 25.0 Å². The number of hydrogen-bond donors (Lipinski definition) is 2. The van der Waals surface area contributed by atoms with Gasteiger partial charge in [0.15, 0.2) is 11.5 Å². The van der Waals surface area contributed by atoms with Crippen molar-refractivity contribution in [3.63, 3.8) is 0 Å². The maximum atomic E-state index is 12.7. The van der Waals surface area contributed by atoms with Crippen LogP contribution in [-0.4, -0.2) is 57.1 Å². The molecule has 1 aliphatic heterocycles. The van der Waals surface area contributed by atoms with Crippen molar-refractivity contribution in [1.82, 2.24) is 10.2 Å². The molecule has 1 unspecified atom stereocenters. The highest BCUT2D eigenvalue weighted by Crippen LogP contribution is 2.28. The number of amides is 2. The van der Waals surface area contributed by atoms with Crippen LogP contribution in [0.3, 0.4) is 0 Å². The summed E-state index contributed by atoms with van der Waals surface area (Å²) in [6.07, 6.45) is 0. The highest BCUT2D eigenvalue weighted by Gasteiger charge is 2.23. The number of anilines is 1. The van der Waals surface area contributed by atoms with Gasteiger partial charge in [-0.25, -0.2) is 0 Å². The van der Waals surface area contributed by atoms with Crippen molar-refractivity contribution >= 4 is 17.5 Å². The number of nitrogens with one attached hydrogen (secondary N) is 2. The standard InChI is InChI=1S/C22H27N3O4/c1-15(22(27)25-12-10-23-11-13-25)16-4-7-18(8-5-16)24-21(26)17-6-9-19(28-2)20(14-17)29-3/h4-9,14-15,23H,10-13H2,1-3H3,(H,24,26). The van der Waals surface area contributed by atoms with E-state index in [2.05, 4.69) is 10.6 Å². The number of hydrogen-bond acceptors (Lipinski definition) is 5. The van der Waals surface area contributed by atoms with Gasteiger partial charge in [0.2, 0.25) is 5.91 Å². The van der Waals surface area contributed by atoms with Gasteiger partial charge in [-0.2, -0.15) is 0 Å². The van der Waals surface area contributed by atoms with Crippen LogP contribution in [0.25, 0.3) is 0 Å². The average Bonchev–Trinajstić information content (AvgIpc) is 2.78. The molecule has 154 valence electrons. The van der Waals surface area contributed by atoms with Crippen molar-refractivity contribution in [2.24, 2.45) is 0 Å². The topological polar surface area (TPSA) is 79.9 Å². The Morgan fingerprint density at radius 1 is 1.00 bits per heavy atom. The van der Waals surface area contributed by atoms with E-state index in [4.69, 9.17) is 9.47 Å². The summed E-state index contributed by atoms with van der Waals surface area (Å²) in [5.41, 5.74) is 2.06. The Morgan fingerprint density at radius 2 is 1.66 bits per heavy atom. The molecule has 2 aromatic carbocycles. The lowest BCUT2D eigenvalue weighted by atomic mass is 9.99. The maximum absolute atomic E-state index is 12.7. The fourth-order valence-electron chi connectivity index (χ4n) is 3.34. The number of nitrogens with zero attached hydrogens (tertiary/aromatic N) is 1. The van der Waals surface area contributed by atoms with Crippen LogP contribution in [0, 0.1) is 0 Å². The molecule has 3 rings (SSSR count). The average molecular weight is 397 g/mol. The number of carbonyl (C=O) groups is 2. The van der Waals surface area contributed by atoms with Crippen LogP contribution in [-0.2, 0) is 4.79 Å². The molecule has 0 aromatic heterocycles. The quantitative estimate of drug-likeness (QED) is 0.783. The molecule has 0 radical (unpaired) electrons. The molecule has 1 saturated heterocycles. The van der Waals surface area contributed by atoms with Gasteiger partial charge in [0.1, 0.15) is 0 Å². The largest absolute Gasteiger partial charge is 0.493 e. The SMILES string of the molecule is COc1ccc(C(=O)Nc2ccc(C(C)C(=O)N3CCNCC3)cc2)cc1OC. The van der Waals surface area contributed by atoms with Crippen LogP contribution in [0.15, 0.2) is 42.5 Å². The van der Waals surface area contributed by atoms with E-state index in [9.17, 15) is 9.59 Å². The Hall–Kier alpha value is -3.06. The third kappa shape index (κ3) is 4.86. The van der Waals surface area contributed by atoms with Crippen LogP contribution >= 0.6 is 0 Å². The molecule has 1 heterocycles. The number of ether oxygens (including phenoxy) is 2. The molecule has 2 N–H and O–H groups in total. The highest BCUT2D eigenvalue weighted by atomic mass is 16.5. The monoisotopic (exact) mass is 397 g/mol. The van der Waals surface area contributed by atoms with Crippen LogP contribution < -0.4 is 20.1 Å². The second kappa shape index (κ2) is 9.43. The molecule has 1 aliphatic rings. The summed E-state index contributed by atoms with van der Waals surface area (Å²) in [6.45, 7) is 5.06. The fraction of sp³-hybridized carbons (Fsp3) is 0.364. The second-order valence-corrected chi connectivity index (χ2v) is 6.94. The summed E-state index contributed by atoms with van der Waals surface area (Å²) < 4.78 is 10.4. The van der Waals surface area contributed by atoms with Gasteiger partial charge in [0.05, 0.1) is 20.1 Å². The van der Waals surface area contributed by atoms with Crippen molar-refractivity contribution in [1.29, 1.82) is 0 Å². The predicted molar refractivity (Wildman–Crippen MR) is 112 cm³/mol. The number of rotatable bonds is 6. The molecule has 0 bridgehead atoms. The first kappa shape index (κ1) is 20.7. The first-order valence-corrected chi connectivity index (χ1v) is 9.66. The first-order valence-electron chi connectivity index (χ1n) is 9.66. The van der Waals surface area contributed by atoms with Gasteiger partial charge in [-0.1, -0.05) is 12.1 Å². The Kier molecular flexibility index (Phi) is 6.72. The molecular formula is C22H27N3O4. The lowest BCUT2D eigenvalue weighted by Crippen LogP contribution is -2.47.